The molecule has 1 aliphatic rings. The molecule has 0 aromatic heterocycles. The number of amidine groups is 2. The quantitative estimate of drug-likeness (QED) is 0.747. The molecule has 1 aliphatic heterocycles. The number of aliphatic imine (C=N–C) groups is 2. The van der Waals surface area contributed by atoms with Crippen LogP contribution in [0.2, 0.25) is 0 Å². The highest BCUT2D eigenvalue weighted by Crippen LogP contribution is 2.25. The van der Waals surface area contributed by atoms with Crippen molar-refractivity contribution in [2.24, 2.45) is 9.98 Å². The number of rotatable bonds is 1. The molecule has 4 nitrogen and oxygen atoms in total. The molecule has 90 valence electrons. The fourth-order valence-corrected chi connectivity index (χ4v) is 2.05. The third kappa shape index (κ3) is 2.02. The average molecular weight is 230 g/mol. The lowest BCUT2D eigenvalue weighted by Gasteiger charge is -2.23. The van der Waals surface area contributed by atoms with E-state index in [2.05, 4.69) is 23.8 Å². The van der Waals surface area contributed by atoms with E-state index in [0.29, 0.717) is 5.69 Å². The van der Waals surface area contributed by atoms with E-state index >= 15 is 0 Å². The Morgan fingerprint density at radius 1 is 1.18 bits per heavy atom. The molecule has 0 atom stereocenters. The molecule has 0 saturated carbocycles. The molecule has 0 saturated heterocycles. The third-order valence-corrected chi connectivity index (χ3v) is 2.77. The number of para-hydroxylation sites is 1. The number of likely N-dealkylation sites (N-methyl/N-ethyl adjacent to an activating group) is 1. The van der Waals surface area contributed by atoms with Crippen molar-refractivity contribution in [3.63, 3.8) is 0 Å². The first kappa shape index (κ1) is 11.6. The Bertz CT molecular complexity index is 498. The first-order valence-electron chi connectivity index (χ1n) is 5.63. The fourth-order valence-electron chi connectivity index (χ4n) is 2.05. The zero-order valence-electron chi connectivity index (χ0n) is 10.7. The predicted molar refractivity (Wildman–Crippen MR) is 72.6 cm³/mol. The molecular formula is C13H18N4. The molecule has 1 aromatic rings. The second kappa shape index (κ2) is 3.87. The number of hydrogen-bond donors (Lipinski definition) is 1. The van der Waals surface area contributed by atoms with Crippen molar-refractivity contribution in [2.45, 2.75) is 19.4 Å². The van der Waals surface area contributed by atoms with Crippen LogP contribution in [0.5, 0.6) is 0 Å². The first-order chi connectivity index (χ1) is 7.92. The zero-order valence-corrected chi connectivity index (χ0v) is 10.7. The molecule has 4 heteroatoms. The normalized spacial score (nSPS) is 17.6. The number of benzene rings is 1. The lowest BCUT2D eigenvalue weighted by molar-refractivity contribution is 0.548. The van der Waals surface area contributed by atoms with Crippen molar-refractivity contribution in [3.05, 3.63) is 29.8 Å². The number of nitrogen functional groups attached to an aromatic ring is 1. The lowest BCUT2D eigenvalue weighted by atomic mass is 10.1. The predicted octanol–water partition coefficient (Wildman–Crippen LogP) is 1.77. The van der Waals surface area contributed by atoms with Gasteiger partial charge in [-0.2, -0.15) is 0 Å². The van der Waals surface area contributed by atoms with Gasteiger partial charge >= 0.3 is 0 Å². The molecule has 0 fully saturated rings. The smallest absolute Gasteiger partial charge is 0.159 e. The average Bonchev–Trinajstić information content (AvgIpc) is 2.55. The summed E-state index contributed by atoms with van der Waals surface area (Å²) in [5, 5.41) is 0. The largest absolute Gasteiger partial charge is 0.398 e. The number of hydrogen-bond acceptors (Lipinski definition) is 4. The molecule has 0 amide bonds. The maximum absolute atomic E-state index is 5.95. The molecule has 0 bridgehead atoms. The Balaban J connectivity index is 2.47. The summed E-state index contributed by atoms with van der Waals surface area (Å²) in [5.74, 6) is 1.67. The minimum Gasteiger partial charge on any atom is -0.398 e. The highest BCUT2D eigenvalue weighted by Gasteiger charge is 2.32. The lowest BCUT2D eigenvalue weighted by Crippen LogP contribution is -2.37. The van der Waals surface area contributed by atoms with Gasteiger partial charge in [0.25, 0.3) is 0 Å². The number of nitrogens with zero attached hydrogens (tertiary/aromatic N) is 3. The second-order valence-corrected chi connectivity index (χ2v) is 4.91. The summed E-state index contributed by atoms with van der Waals surface area (Å²) in [6, 6.07) is 7.68. The molecule has 17 heavy (non-hydrogen) atoms. The highest BCUT2D eigenvalue weighted by molar-refractivity contribution is 6.15. The summed E-state index contributed by atoms with van der Waals surface area (Å²) in [5.41, 5.74) is 7.27. The summed E-state index contributed by atoms with van der Waals surface area (Å²) in [7, 11) is 3.96. The monoisotopic (exact) mass is 230 g/mol. The molecule has 1 aromatic carbocycles. The van der Waals surface area contributed by atoms with Crippen molar-refractivity contribution in [1.82, 2.24) is 4.90 Å². The van der Waals surface area contributed by atoms with Crippen molar-refractivity contribution in [2.75, 3.05) is 19.8 Å². The van der Waals surface area contributed by atoms with Crippen molar-refractivity contribution in [1.29, 1.82) is 0 Å². The first-order valence-corrected chi connectivity index (χ1v) is 5.63. The van der Waals surface area contributed by atoms with Crippen LogP contribution in [0.15, 0.2) is 34.3 Å². The van der Waals surface area contributed by atoms with E-state index < -0.39 is 0 Å². The van der Waals surface area contributed by atoms with Gasteiger partial charge in [-0.15, -0.1) is 0 Å². The van der Waals surface area contributed by atoms with Gasteiger partial charge in [-0.3, -0.25) is 4.99 Å². The van der Waals surface area contributed by atoms with Gasteiger partial charge in [0.1, 0.15) is 11.4 Å². The molecule has 2 N–H and O–H groups in total. The zero-order chi connectivity index (χ0) is 12.6. The van der Waals surface area contributed by atoms with Crippen LogP contribution >= 0.6 is 0 Å². The van der Waals surface area contributed by atoms with E-state index in [9.17, 15) is 0 Å². The maximum Gasteiger partial charge on any atom is 0.159 e. The van der Waals surface area contributed by atoms with E-state index in [4.69, 9.17) is 5.73 Å². The van der Waals surface area contributed by atoms with Gasteiger partial charge in [-0.1, -0.05) is 12.1 Å². The Morgan fingerprint density at radius 2 is 1.82 bits per heavy atom. The number of anilines is 1. The third-order valence-electron chi connectivity index (χ3n) is 2.77. The van der Waals surface area contributed by atoms with Crippen LogP contribution in [0.1, 0.15) is 19.4 Å². The molecule has 0 radical (unpaired) electrons. The molecule has 0 unspecified atom stereocenters. The minimum atomic E-state index is -0.291. The summed E-state index contributed by atoms with van der Waals surface area (Å²) >= 11 is 0. The van der Waals surface area contributed by atoms with Gasteiger partial charge in [0.2, 0.25) is 0 Å². The Kier molecular flexibility index (Phi) is 2.65. The van der Waals surface area contributed by atoms with E-state index in [0.717, 1.165) is 17.2 Å². The SMILES string of the molecule is CN(C)C1=NC(c2ccccc2N)=NC1(C)C. The van der Waals surface area contributed by atoms with Crippen molar-refractivity contribution >= 4 is 17.4 Å². The van der Waals surface area contributed by atoms with E-state index in [-0.39, 0.29) is 5.54 Å². The van der Waals surface area contributed by atoms with Crippen molar-refractivity contribution in [3.8, 4) is 0 Å². The van der Waals surface area contributed by atoms with Gasteiger partial charge in [0.05, 0.1) is 0 Å². The van der Waals surface area contributed by atoms with Gasteiger partial charge in [0.15, 0.2) is 5.84 Å². The van der Waals surface area contributed by atoms with Gasteiger partial charge in [0, 0.05) is 25.3 Å². The molecule has 2 rings (SSSR count). The van der Waals surface area contributed by atoms with Crippen LogP contribution in [-0.2, 0) is 0 Å². The summed E-state index contributed by atoms with van der Waals surface area (Å²) < 4.78 is 0. The second-order valence-electron chi connectivity index (χ2n) is 4.91. The van der Waals surface area contributed by atoms with Crippen LogP contribution in [-0.4, -0.2) is 36.2 Å². The summed E-state index contributed by atoms with van der Waals surface area (Å²) in [6.45, 7) is 4.11. The molecule has 1 heterocycles. The van der Waals surface area contributed by atoms with Crippen LogP contribution in [0.3, 0.4) is 0 Å². The van der Waals surface area contributed by atoms with Crippen LogP contribution in [0.25, 0.3) is 0 Å². The summed E-state index contributed by atoms with van der Waals surface area (Å²) in [6.07, 6.45) is 0. The topological polar surface area (TPSA) is 54.0 Å². The van der Waals surface area contributed by atoms with Crippen LogP contribution in [0, 0.1) is 0 Å². The van der Waals surface area contributed by atoms with Crippen LogP contribution in [0.4, 0.5) is 5.69 Å². The maximum atomic E-state index is 5.95. The van der Waals surface area contributed by atoms with Crippen LogP contribution < -0.4 is 5.73 Å². The highest BCUT2D eigenvalue weighted by atomic mass is 15.2. The van der Waals surface area contributed by atoms with Gasteiger partial charge in [-0.25, -0.2) is 4.99 Å². The standard InChI is InChI=1S/C13H18N4/c1-13(2)12(17(3)4)15-11(16-13)9-7-5-6-8-10(9)14/h5-8H,14H2,1-4H3. The van der Waals surface area contributed by atoms with E-state index in [1.54, 1.807) is 0 Å². The van der Waals surface area contributed by atoms with E-state index in [1.165, 1.54) is 0 Å². The molecule has 0 aliphatic carbocycles. The van der Waals surface area contributed by atoms with Gasteiger partial charge < -0.3 is 10.6 Å². The Hall–Kier alpha value is -1.84. The molecular weight excluding hydrogens is 212 g/mol. The Morgan fingerprint density at radius 3 is 2.35 bits per heavy atom. The van der Waals surface area contributed by atoms with Gasteiger partial charge in [-0.05, 0) is 26.0 Å². The van der Waals surface area contributed by atoms with E-state index in [1.807, 2.05) is 43.3 Å². The summed E-state index contributed by atoms with van der Waals surface area (Å²) in [4.78, 5) is 11.2. The van der Waals surface area contributed by atoms with Crippen molar-refractivity contribution < 1.29 is 0 Å². The number of nitrogens with two attached hydrogens (primary N) is 1. The molecule has 0 spiro atoms. The Labute approximate surface area is 102 Å². The minimum absolute atomic E-state index is 0.291. The fraction of sp³-hybridized carbons (Fsp3) is 0.385.